The summed E-state index contributed by atoms with van der Waals surface area (Å²) in [6.45, 7) is 3.94. The first-order valence-electron chi connectivity index (χ1n) is 8.60. The molecule has 0 saturated carbocycles. The third-order valence-corrected chi connectivity index (χ3v) is 4.80. The van der Waals surface area contributed by atoms with Gasteiger partial charge in [0.25, 0.3) is 0 Å². The van der Waals surface area contributed by atoms with Crippen molar-refractivity contribution in [3.63, 3.8) is 0 Å². The fraction of sp³-hybridized carbons (Fsp3) is 0.474. The van der Waals surface area contributed by atoms with E-state index in [1.807, 2.05) is 52.9 Å². The molecule has 1 unspecified atom stereocenters. The Morgan fingerprint density at radius 2 is 2.12 bits per heavy atom. The lowest BCUT2D eigenvalue weighted by Gasteiger charge is -2.41. The molecule has 1 atom stereocenters. The maximum Gasteiger partial charge on any atom is 0.242 e. The van der Waals surface area contributed by atoms with Crippen molar-refractivity contribution in [1.29, 1.82) is 0 Å². The highest BCUT2D eigenvalue weighted by Crippen LogP contribution is 2.26. The number of nitrogens with zero attached hydrogens (tertiary/aromatic N) is 3. The van der Waals surface area contributed by atoms with Crippen LogP contribution in [0.15, 0.2) is 42.7 Å². The van der Waals surface area contributed by atoms with Gasteiger partial charge in [-0.05, 0) is 31.9 Å². The van der Waals surface area contributed by atoms with Crippen molar-refractivity contribution in [3.8, 4) is 5.75 Å². The molecular weight excluding hydrogens is 318 g/mol. The molecule has 6 nitrogen and oxygen atoms in total. The Bertz CT molecular complexity index is 701. The van der Waals surface area contributed by atoms with Gasteiger partial charge in [-0.25, -0.2) is 4.98 Å². The predicted octanol–water partition coefficient (Wildman–Crippen LogP) is 2.28. The molecule has 1 aromatic heterocycles. The molecule has 1 aliphatic heterocycles. The van der Waals surface area contributed by atoms with Gasteiger partial charge in [-0.1, -0.05) is 18.2 Å². The second-order valence-corrected chi connectivity index (χ2v) is 6.51. The van der Waals surface area contributed by atoms with Crippen molar-refractivity contribution in [1.82, 2.24) is 14.5 Å². The van der Waals surface area contributed by atoms with Crippen molar-refractivity contribution >= 4 is 5.91 Å². The van der Waals surface area contributed by atoms with E-state index in [2.05, 4.69) is 4.98 Å². The van der Waals surface area contributed by atoms with Crippen molar-refractivity contribution in [2.75, 3.05) is 26.8 Å². The molecule has 0 N–H and O–H groups in total. The smallest absolute Gasteiger partial charge is 0.242 e. The molecule has 1 aliphatic rings. The molecule has 2 aromatic rings. The van der Waals surface area contributed by atoms with E-state index in [-0.39, 0.29) is 5.91 Å². The quantitative estimate of drug-likeness (QED) is 0.807. The van der Waals surface area contributed by atoms with Crippen LogP contribution in [0, 0.1) is 6.92 Å². The van der Waals surface area contributed by atoms with Crippen LogP contribution in [0.3, 0.4) is 0 Å². The van der Waals surface area contributed by atoms with Gasteiger partial charge in [0.1, 0.15) is 30.3 Å². The van der Waals surface area contributed by atoms with E-state index in [4.69, 9.17) is 9.47 Å². The van der Waals surface area contributed by atoms with Crippen LogP contribution in [-0.4, -0.2) is 52.8 Å². The molecule has 1 saturated heterocycles. The number of piperidine rings is 1. The zero-order valence-corrected chi connectivity index (χ0v) is 14.9. The van der Waals surface area contributed by atoms with Gasteiger partial charge in [-0.3, -0.25) is 4.79 Å². The Kier molecular flexibility index (Phi) is 5.38. The van der Waals surface area contributed by atoms with E-state index < -0.39 is 5.60 Å². The molecule has 2 heterocycles. The number of benzene rings is 1. The summed E-state index contributed by atoms with van der Waals surface area (Å²) in [6, 6.07) is 9.70. The number of carbonyl (C=O) groups is 1. The SMILES string of the molecule is COC1(COc2ccccc2)CCCN(C(=O)Cn2ccnc2C)C1. The summed E-state index contributed by atoms with van der Waals surface area (Å²) in [5.41, 5.74) is -0.465. The number of aryl methyl sites for hydroxylation is 1. The number of ether oxygens (including phenoxy) is 2. The van der Waals surface area contributed by atoms with Crippen LogP contribution >= 0.6 is 0 Å². The lowest BCUT2D eigenvalue weighted by Crippen LogP contribution is -2.55. The van der Waals surface area contributed by atoms with Gasteiger partial charge >= 0.3 is 0 Å². The number of likely N-dealkylation sites (tertiary alicyclic amines) is 1. The fourth-order valence-electron chi connectivity index (χ4n) is 3.20. The number of methoxy groups -OCH3 is 1. The van der Waals surface area contributed by atoms with Gasteiger partial charge in [0.05, 0.1) is 6.54 Å². The topological polar surface area (TPSA) is 56.6 Å². The fourth-order valence-corrected chi connectivity index (χ4v) is 3.20. The zero-order valence-electron chi connectivity index (χ0n) is 14.9. The molecule has 0 aliphatic carbocycles. The van der Waals surface area contributed by atoms with Crippen LogP contribution in [0.5, 0.6) is 5.75 Å². The average molecular weight is 343 g/mol. The number of carbonyl (C=O) groups excluding carboxylic acids is 1. The molecule has 1 amide bonds. The van der Waals surface area contributed by atoms with Crippen molar-refractivity contribution in [2.45, 2.75) is 31.9 Å². The van der Waals surface area contributed by atoms with Gasteiger partial charge in [0, 0.05) is 26.0 Å². The van der Waals surface area contributed by atoms with Crippen LogP contribution in [0.1, 0.15) is 18.7 Å². The number of hydrogen-bond acceptors (Lipinski definition) is 4. The minimum Gasteiger partial charge on any atom is -0.491 e. The van der Waals surface area contributed by atoms with E-state index in [1.54, 1.807) is 13.3 Å². The Labute approximate surface area is 148 Å². The summed E-state index contributed by atoms with van der Waals surface area (Å²) < 4.78 is 13.6. The Balaban J connectivity index is 1.63. The Morgan fingerprint density at radius 3 is 2.80 bits per heavy atom. The van der Waals surface area contributed by atoms with Crippen LogP contribution in [0.2, 0.25) is 0 Å². The zero-order chi connectivity index (χ0) is 17.7. The number of hydrogen-bond donors (Lipinski definition) is 0. The first kappa shape index (κ1) is 17.5. The van der Waals surface area contributed by atoms with Crippen LogP contribution < -0.4 is 4.74 Å². The van der Waals surface area contributed by atoms with Crippen molar-refractivity contribution in [3.05, 3.63) is 48.5 Å². The highest BCUT2D eigenvalue weighted by atomic mass is 16.5. The molecule has 134 valence electrons. The normalized spacial score (nSPS) is 20.5. The summed E-state index contributed by atoms with van der Waals surface area (Å²) in [6.07, 6.45) is 5.33. The molecule has 1 fully saturated rings. The van der Waals surface area contributed by atoms with Crippen molar-refractivity contribution < 1.29 is 14.3 Å². The maximum atomic E-state index is 12.7. The molecule has 0 bridgehead atoms. The largest absolute Gasteiger partial charge is 0.491 e. The van der Waals surface area contributed by atoms with E-state index in [1.165, 1.54) is 0 Å². The molecule has 0 spiro atoms. The second-order valence-electron chi connectivity index (χ2n) is 6.51. The minimum absolute atomic E-state index is 0.0851. The van der Waals surface area contributed by atoms with E-state index in [9.17, 15) is 4.79 Å². The second kappa shape index (κ2) is 7.70. The first-order chi connectivity index (χ1) is 12.1. The van der Waals surface area contributed by atoms with Gasteiger partial charge in [0.2, 0.25) is 5.91 Å². The summed E-state index contributed by atoms with van der Waals surface area (Å²) in [5.74, 6) is 1.74. The molecule has 25 heavy (non-hydrogen) atoms. The maximum absolute atomic E-state index is 12.7. The number of imidazole rings is 1. The summed E-state index contributed by atoms with van der Waals surface area (Å²) in [5, 5.41) is 0. The summed E-state index contributed by atoms with van der Waals surface area (Å²) in [7, 11) is 1.70. The third kappa shape index (κ3) is 4.20. The lowest BCUT2D eigenvalue weighted by molar-refractivity contribution is -0.143. The van der Waals surface area contributed by atoms with E-state index in [0.29, 0.717) is 19.7 Å². The molecule has 1 aromatic carbocycles. The van der Waals surface area contributed by atoms with Gasteiger partial charge < -0.3 is 18.9 Å². The Hall–Kier alpha value is -2.34. The van der Waals surface area contributed by atoms with Gasteiger partial charge in [-0.15, -0.1) is 0 Å². The number of para-hydroxylation sites is 1. The van der Waals surface area contributed by atoms with Crippen LogP contribution in [-0.2, 0) is 16.1 Å². The Morgan fingerprint density at radius 1 is 1.32 bits per heavy atom. The van der Waals surface area contributed by atoms with Crippen molar-refractivity contribution in [2.24, 2.45) is 0 Å². The molecule has 6 heteroatoms. The predicted molar refractivity (Wildman–Crippen MR) is 94.5 cm³/mol. The number of aromatic nitrogens is 2. The average Bonchev–Trinajstić information content (AvgIpc) is 3.06. The van der Waals surface area contributed by atoms with E-state index >= 15 is 0 Å². The minimum atomic E-state index is -0.465. The van der Waals surface area contributed by atoms with Gasteiger partial charge in [0.15, 0.2) is 0 Å². The summed E-state index contributed by atoms with van der Waals surface area (Å²) >= 11 is 0. The third-order valence-electron chi connectivity index (χ3n) is 4.80. The highest BCUT2D eigenvalue weighted by molar-refractivity contribution is 5.76. The van der Waals surface area contributed by atoms with Gasteiger partial charge in [-0.2, -0.15) is 0 Å². The van der Waals surface area contributed by atoms with E-state index in [0.717, 1.165) is 31.0 Å². The summed E-state index contributed by atoms with van der Waals surface area (Å²) in [4.78, 5) is 18.7. The number of rotatable bonds is 6. The number of amides is 1. The molecular formula is C19H25N3O3. The standard InChI is InChI=1S/C19H25N3O3/c1-16-20-10-12-21(16)13-18(23)22-11-6-9-19(14-22,24-2)15-25-17-7-4-3-5-8-17/h3-5,7-8,10,12H,6,9,11,13-15H2,1-2H3. The molecule has 3 rings (SSSR count). The highest BCUT2D eigenvalue weighted by Gasteiger charge is 2.38. The lowest BCUT2D eigenvalue weighted by atomic mass is 9.93. The van der Waals surface area contributed by atoms with Crippen LogP contribution in [0.25, 0.3) is 0 Å². The molecule has 0 radical (unpaired) electrons. The first-order valence-corrected chi connectivity index (χ1v) is 8.60. The van der Waals surface area contributed by atoms with Crippen LogP contribution in [0.4, 0.5) is 0 Å². The monoisotopic (exact) mass is 343 g/mol.